The van der Waals surface area contributed by atoms with Crippen molar-refractivity contribution >= 4 is 17.0 Å². The molecule has 1 amide bonds. The average molecular weight is 261 g/mol. The van der Waals surface area contributed by atoms with Gasteiger partial charge in [0.1, 0.15) is 5.60 Å². The summed E-state index contributed by atoms with van der Waals surface area (Å²) in [5.74, 6) is 0. The molecule has 0 aliphatic carbocycles. The molecular weight excluding hydrogens is 242 g/mol. The number of nitrogens with one attached hydrogen (secondary N) is 2. The molecule has 102 valence electrons. The van der Waals surface area contributed by atoms with Gasteiger partial charge in [0.25, 0.3) is 0 Å². The van der Waals surface area contributed by atoms with Gasteiger partial charge >= 0.3 is 6.09 Å². The van der Waals surface area contributed by atoms with Crippen LogP contribution in [0.4, 0.5) is 4.79 Å². The number of aromatic amines is 1. The van der Waals surface area contributed by atoms with Crippen LogP contribution in [0.3, 0.4) is 0 Å². The predicted molar refractivity (Wildman–Crippen MR) is 74.0 cm³/mol. The van der Waals surface area contributed by atoms with Crippen molar-refractivity contribution in [2.75, 3.05) is 6.54 Å². The summed E-state index contributed by atoms with van der Waals surface area (Å²) in [7, 11) is 0. The number of carbonyl (C=O) groups excluding carboxylic acids is 1. The Bertz CT molecular complexity index is 569. The van der Waals surface area contributed by atoms with E-state index in [-0.39, 0.29) is 6.09 Å². The molecule has 0 fully saturated rings. The number of ether oxygens (including phenoxy) is 1. The van der Waals surface area contributed by atoms with Crippen molar-refractivity contribution in [3.63, 3.8) is 0 Å². The molecule has 1 aromatic heterocycles. The third-order valence-electron chi connectivity index (χ3n) is 2.64. The number of carbonyl (C=O) groups is 1. The summed E-state index contributed by atoms with van der Waals surface area (Å²) >= 11 is 0. The predicted octanol–water partition coefficient (Wildman–Crippen LogP) is 2.63. The molecule has 0 saturated heterocycles. The second-order valence-corrected chi connectivity index (χ2v) is 5.43. The highest BCUT2D eigenvalue weighted by atomic mass is 16.6. The summed E-state index contributed by atoms with van der Waals surface area (Å²) in [4.78, 5) is 11.5. The van der Waals surface area contributed by atoms with Crippen LogP contribution in [0.25, 0.3) is 10.9 Å². The van der Waals surface area contributed by atoms with Crippen LogP contribution in [0.15, 0.2) is 24.4 Å². The van der Waals surface area contributed by atoms with E-state index in [1.54, 1.807) is 6.20 Å². The highest BCUT2D eigenvalue weighted by Crippen LogP contribution is 2.16. The number of hydrogen-bond acceptors (Lipinski definition) is 3. The SMILES string of the molecule is CC(C)(C)OC(=O)NCCc1cccc2[nH]ncc12. The molecule has 0 saturated carbocycles. The minimum Gasteiger partial charge on any atom is -0.444 e. The molecule has 19 heavy (non-hydrogen) atoms. The van der Waals surface area contributed by atoms with Crippen LogP contribution in [0, 0.1) is 0 Å². The van der Waals surface area contributed by atoms with Crippen LogP contribution in [0.1, 0.15) is 26.3 Å². The zero-order valence-electron chi connectivity index (χ0n) is 11.5. The maximum Gasteiger partial charge on any atom is 0.407 e. The quantitative estimate of drug-likeness (QED) is 0.892. The monoisotopic (exact) mass is 261 g/mol. The fourth-order valence-electron chi connectivity index (χ4n) is 1.86. The fraction of sp³-hybridized carbons (Fsp3) is 0.429. The van der Waals surface area contributed by atoms with E-state index in [9.17, 15) is 4.79 Å². The molecule has 0 spiro atoms. The Labute approximate surface area is 112 Å². The summed E-state index contributed by atoms with van der Waals surface area (Å²) in [6.45, 7) is 6.08. The van der Waals surface area contributed by atoms with E-state index in [2.05, 4.69) is 15.5 Å². The first-order valence-corrected chi connectivity index (χ1v) is 6.33. The Hall–Kier alpha value is -2.04. The molecule has 1 aromatic carbocycles. The second kappa shape index (κ2) is 5.30. The molecule has 2 rings (SSSR count). The van der Waals surface area contributed by atoms with E-state index in [1.165, 1.54) is 0 Å². The molecule has 0 bridgehead atoms. The number of alkyl carbamates (subject to hydrolysis) is 1. The summed E-state index contributed by atoms with van der Waals surface area (Å²) in [5, 5.41) is 10.8. The molecule has 1 heterocycles. The van der Waals surface area contributed by atoms with E-state index >= 15 is 0 Å². The van der Waals surface area contributed by atoms with Gasteiger partial charge in [0.05, 0.1) is 11.7 Å². The smallest absolute Gasteiger partial charge is 0.407 e. The highest BCUT2D eigenvalue weighted by Gasteiger charge is 2.15. The van der Waals surface area contributed by atoms with Crippen molar-refractivity contribution in [2.24, 2.45) is 0 Å². The maximum absolute atomic E-state index is 11.5. The Morgan fingerprint density at radius 3 is 2.95 bits per heavy atom. The molecular formula is C14H19N3O2. The number of nitrogens with zero attached hydrogens (tertiary/aromatic N) is 1. The lowest BCUT2D eigenvalue weighted by molar-refractivity contribution is 0.0528. The molecule has 0 unspecified atom stereocenters. The first-order valence-electron chi connectivity index (χ1n) is 6.33. The maximum atomic E-state index is 11.5. The minimum atomic E-state index is -0.464. The Morgan fingerprint density at radius 2 is 2.21 bits per heavy atom. The summed E-state index contributed by atoms with van der Waals surface area (Å²) in [5.41, 5.74) is 1.70. The number of H-pyrrole nitrogens is 1. The summed E-state index contributed by atoms with van der Waals surface area (Å²) < 4.78 is 5.18. The zero-order valence-corrected chi connectivity index (χ0v) is 11.5. The van der Waals surface area contributed by atoms with Crippen LogP contribution < -0.4 is 5.32 Å². The zero-order chi connectivity index (χ0) is 13.9. The molecule has 5 heteroatoms. The number of fused-ring (bicyclic) bond motifs is 1. The third kappa shape index (κ3) is 3.71. The van der Waals surface area contributed by atoms with Gasteiger partial charge in [-0.25, -0.2) is 4.79 Å². The Balaban J connectivity index is 1.89. The molecule has 0 atom stereocenters. The van der Waals surface area contributed by atoms with Crippen LogP contribution in [-0.2, 0) is 11.2 Å². The van der Waals surface area contributed by atoms with E-state index < -0.39 is 5.60 Å². The fourth-order valence-corrected chi connectivity index (χ4v) is 1.86. The van der Waals surface area contributed by atoms with Crippen LogP contribution in [-0.4, -0.2) is 28.4 Å². The van der Waals surface area contributed by atoms with Gasteiger partial charge in [0.2, 0.25) is 0 Å². The van der Waals surface area contributed by atoms with E-state index in [0.717, 1.165) is 22.9 Å². The third-order valence-corrected chi connectivity index (χ3v) is 2.64. The molecule has 0 radical (unpaired) electrons. The highest BCUT2D eigenvalue weighted by molar-refractivity contribution is 5.81. The van der Waals surface area contributed by atoms with Gasteiger partial charge in [-0.3, -0.25) is 5.10 Å². The largest absolute Gasteiger partial charge is 0.444 e. The minimum absolute atomic E-state index is 0.383. The number of hydrogen-bond donors (Lipinski definition) is 2. The van der Waals surface area contributed by atoms with Crippen LogP contribution >= 0.6 is 0 Å². The topological polar surface area (TPSA) is 67.0 Å². The lowest BCUT2D eigenvalue weighted by Crippen LogP contribution is -2.33. The number of benzene rings is 1. The standard InChI is InChI=1S/C14H19N3O2/c1-14(2,3)19-13(18)15-8-7-10-5-4-6-12-11(10)9-16-17-12/h4-6,9H,7-8H2,1-3H3,(H,15,18)(H,16,17). The molecule has 0 aliphatic heterocycles. The average Bonchev–Trinajstić information content (AvgIpc) is 2.75. The van der Waals surface area contributed by atoms with Gasteiger partial charge in [-0.05, 0) is 38.8 Å². The number of aromatic nitrogens is 2. The lowest BCUT2D eigenvalue weighted by atomic mass is 10.1. The van der Waals surface area contributed by atoms with Gasteiger partial charge in [-0.15, -0.1) is 0 Å². The van der Waals surface area contributed by atoms with E-state index in [0.29, 0.717) is 6.54 Å². The number of amides is 1. The molecule has 5 nitrogen and oxygen atoms in total. The van der Waals surface area contributed by atoms with Gasteiger partial charge in [0, 0.05) is 11.9 Å². The first kappa shape index (κ1) is 13.4. The van der Waals surface area contributed by atoms with E-state index in [4.69, 9.17) is 4.74 Å². The normalized spacial score (nSPS) is 11.5. The van der Waals surface area contributed by atoms with Gasteiger partial charge in [-0.2, -0.15) is 5.10 Å². The summed E-state index contributed by atoms with van der Waals surface area (Å²) in [6.07, 6.45) is 2.17. The van der Waals surface area contributed by atoms with E-state index in [1.807, 2.05) is 39.0 Å². The summed E-state index contributed by atoms with van der Waals surface area (Å²) in [6, 6.07) is 5.99. The Morgan fingerprint density at radius 1 is 1.42 bits per heavy atom. The van der Waals surface area contributed by atoms with Gasteiger partial charge in [-0.1, -0.05) is 12.1 Å². The molecule has 0 aliphatic rings. The second-order valence-electron chi connectivity index (χ2n) is 5.43. The Kier molecular flexibility index (Phi) is 3.74. The lowest BCUT2D eigenvalue weighted by Gasteiger charge is -2.19. The van der Waals surface area contributed by atoms with Crippen LogP contribution in [0.5, 0.6) is 0 Å². The van der Waals surface area contributed by atoms with Crippen molar-refractivity contribution in [3.05, 3.63) is 30.0 Å². The van der Waals surface area contributed by atoms with Crippen molar-refractivity contribution in [1.29, 1.82) is 0 Å². The molecule has 2 aromatic rings. The van der Waals surface area contributed by atoms with Crippen molar-refractivity contribution < 1.29 is 9.53 Å². The van der Waals surface area contributed by atoms with Gasteiger partial charge < -0.3 is 10.1 Å². The van der Waals surface area contributed by atoms with Gasteiger partial charge in [0.15, 0.2) is 0 Å². The van der Waals surface area contributed by atoms with Crippen molar-refractivity contribution in [2.45, 2.75) is 32.8 Å². The number of rotatable bonds is 3. The van der Waals surface area contributed by atoms with Crippen molar-refractivity contribution in [3.8, 4) is 0 Å². The van der Waals surface area contributed by atoms with Crippen molar-refractivity contribution in [1.82, 2.24) is 15.5 Å². The van der Waals surface area contributed by atoms with Crippen LogP contribution in [0.2, 0.25) is 0 Å². The first-order chi connectivity index (χ1) is 8.96. The molecule has 2 N–H and O–H groups in total.